The Hall–Kier alpha value is -2.71. The van der Waals surface area contributed by atoms with Gasteiger partial charge in [-0.3, -0.25) is 19.0 Å². The van der Waals surface area contributed by atoms with Crippen LogP contribution in [-0.2, 0) is 11.3 Å². The molecule has 34 heavy (non-hydrogen) atoms. The van der Waals surface area contributed by atoms with Gasteiger partial charge in [0.25, 0.3) is 11.5 Å². The zero-order chi connectivity index (χ0) is 25.0. The number of aromatic nitrogens is 2. The van der Waals surface area contributed by atoms with Crippen LogP contribution in [0.25, 0.3) is 11.0 Å². The molecule has 0 spiro atoms. The molecule has 1 saturated heterocycles. The Bertz CT molecular complexity index is 1250. The first-order chi connectivity index (χ1) is 16.0. The molecular weight excluding hydrogens is 520 g/mol. The molecule has 1 aliphatic rings. The molecule has 0 radical (unpaired) electrons. The molecule has 2 aromatic rings. The number of hydrogen-bond donors (Lipinski definition) is 1. The van der Waals surface area contributed by atoms with Gasteiger partial charge in [-0.25, -0.2) is 4.98 Å². The van der Waals surface area contributed by atoms with Crippen LogP contribution in [0.1, 0.15) is 37.6 Å². The van der Waals surface area contributed by atoms with E-state index in [9.17, 15) is 14.4 Å². The van der Waals surface area contributed by atoms with E-state index in [0.717, 1.165) is 5.57 Å². The Morgan fingerprint density at radius 1 is 1.29 bits per heavy atom. The Morgan fingerprint density at radius 3 is 2.62 bits per heavy atom. The second kappa shape index (κ2) is 10.7. The van der Waals surface area contributed by atoms with Crippen molar-refractivity contribution in [3.8, 4) is 0 Å². The van der Waals surface area contributed by atoms with E-state index in [1.165, 1.54) is 10.6 Å². The number of halogens is 2. The van der Waals surface area contributed by atoms with Crippen molar-refractivity contribution in [2.75, 3.05) is 19.6 Å². The molecule has 1 aliphatic heterocycles. The predicted octanol–water partition coefficient (Wildman–Crippen LogP) is 4.40. The molecule has 1 fully saturated rings. The summed E-state index contributed by atoms with van der Waals surface area (Å²) in [5.41, 5.74) is 0.744. The van der Waals surface area contributed by atoms with Gasteiger partial charge in [-0.2, -0.15) is 0 Å². The molecule has 0 atom stereocenters. The average molecular weight is 548 g/mol. The van der Waals surface area contributed by atoms with E-state index in [1.807, 2.05) is 6.08 Å². The number of nitrogens with one attached hydrogen (secondary N) is 1. The standard InChI is InChI=1S/C25H28BrClN4O3/c1-5-17(7-6-16(2)27)8-9-28-23(33)20-11-18-10-19(26)12-29-22(18)31(24(20)34)13-21(32)30-14-25(3,4)15-30/h5-7,10-12H,1,8-9,13-15H2,2-4H3,(H,28,33). The van der Waals surface area contributed by atoms with E-state index >= 15 is 0 Å². The number of amides is 2. The summed E-state index contributed by atoms with van der Waals surface area (Å²) in [4.78, 5) is 45.0. The molecular formula is C25H28BrClN4O3. The topological polar surface area (TPSA) is 84.3 Å². The fraction of sp³-hybridized carbons (Fsp3) is 0.360. The van der Waals surface area contributed by atoms with Gasteiger partial charge in [0.05, 0.1) is 0 Å². The average Bonchev–Trinajstić information content (AvgIpc) is 2.75. The van der Waals surface area contributed by atoms with Crippen LogP contribution >= 0.6 is 27.5 Å². The van der Waals surface area contributed by atoms with Crippen LogP contribution in [-0.4, -0.2) is 45.9 Å². The summed E-state index contributed by atoms with van der Waals surface area (Å²) in [5.74, 6) is -0.681. The summed E-state index contributed by atoms with van der Waals surface area (Å²) in [6.07, 6.45) is 7.36. The monoisotopic (exact) mass is 546 g/mol. The van der Waals surface area contributed by atoms with E-state index in [2.05, 4.69) is 46.7 Å². The number of hydrogen-bond acceptors (Lipinski definition) is 4. The maximum atomic E-state index is 13.3. The third-order valence-corrected chi connectivity index (χ3v) is 6.07. The van der Waals surface area contributed by atoms with Gasteiger partial charge in [0.1, 0.15) is 17.8 Å². The van der Waals surface area contributed by atoms with Crippen molar-refractivity contribution in [2.45, 2.75) is 33.7 Å². The Morgan fingerprint density at radius 2 is 2.00 bits per heavy atom. The lowest BCUT2D eigenvalue weighted by Crippen LogP contribution is -2.56. The van der Waals surface area contributed by atoms with Crippen LogP contribution in [0.15, 0.2) is 63.0 Å². The molecule has 0 aromatic carbocycles. The van der Waals surface area contributed by atoms with Gasteiger partial charge in [-0.15, -0.1) is 0 Å². The minimum absolute atomic E-state index is 0.0372. The number of pyridine rings is 2. The minimum atomic E-state index is -0.548. The van der Waals surface area contributed by atoms with Gasteiger partial charge in [0.2, 0.25) is 5.91 Å². The van der Waals surface area contributed by atoms with E-state index in [1.54, 1.807) is 36.2 Å². The predicted molar refractivity (Wildman–Crippen MR) is 139 cm³/mol. The zero-order valence-electron chi connectivity index (χ0n) is 19.5. The molecule has 0 aliphatic carbocycles. The van der Waals surface area contributed by atoms with Crippen molar-refractivity contribution in [3.63, 3.8) is 0 Å². The van der Waals surface area contributed by atoms with Crippen LogP contribution in [0.2, 0.25) is 0 Å². The number of nitrogens with zero attached hydrogens (tertiary/aromatic N) is 3. The molecule has 1 N–H and O–H groups in total. The van der Waals surface area contributed by atoms with Gasteiger partial charge in [-0.1, -0.05) is 44.2 Å². The van der Waals surface area contributed by atoms with Crippen molar-refractivity contribution in [1.82, 2.24) is 19.8 Å². The summed E-state index contributed by atoms with van der Waals surface area (Å²) in [7, 11) is 0. The third-order valence-electron chi connectivity index (χ3n) is 5.51. The van der Waals surface area contributed by atoms with Crippen LogP contribution in [0.5, 0.6) is 0 Å². The van der Waals surface area contributed by atoms with Gasteiger partial charge in [0.15, 0.2) is 0 Å². The van der Waals surface area contributed by atoms with Gasteiger partial charge < -0.3 is 10.2 Å². The van der Waals surface area contributed by atoms with E-state index in [4.69, 9.17) is 11.6 Å². The van der Waals surface area contributed by atoms with Crippen molar-refractivity contribution in [2.24, 2.45) is 5.41 Å². The van der Waals surface area contributed by atoms with Crippen molar-refractivity contribution < 1.29 is 9.59 Å². The van der Waals surface area contributed by atoms with Crippen molar-refractivity contribution >= 4 is 50.4 Å². The number of likely N-dealkylation sites (tertiary alicyclic amines) is 1. The lowest BCUT2D eigenvalue weighted by atomic mass is 9.84. The molecule has 0 saturated carbocycles. The quantitative estimate of drug-likeness (QED) is 0.497. The molecule has 180 valence electrons. The Balaban J connectivity index is 1.85. The van der Waals surface area contributed by atoms with Crippen molar-refractivity contribution in [3.05, 3.63) is 74.1 Å². The highest BCUT2D eigenvalue weighted by atomic mass is 79.9. The number of carbonyl (C=O) groups excluding carboxylic acids is 2. The second-order valence-corrected chi connectivity index (χ2v) is 10.6. The fourth-order valence-electron chi connectivity index (χ4n) is 3.84. The highest BCUT2D eigenvalue weighted by Crippen LogP contribution is 2.29. The summed E-state index contributed by atoms with van der Waals surface area (Å²) >= 11 is 9.24. The Kier molecular flexibility index (Phi) is 8.15. The highest BCUT2D eigenvalue weighted by molar-refractivity contribution is 9.10. The van der Waals surface area contributed by atoms with E-state index < -0.39 is 11.5 Å². The number of carbonyl (C=O) groups is 2. The summed E-state index contributed by atoms with van der Waals surface area (Å²) in [6.45, 7) is 11.1. The molecule has 9 heteroatoms. The maximum Gasteiger partial charge on any atom is 0.265 e. The van der Waals surface area contributed by atoms with Crippen LogP contribution in [0, 0.1) is 5.41 Å². The van der Waals surface area contributed by atoms with Crippen LogP contribution < -0.4 is 10.9 Å². The van der Waals surface area contributed by atoms with Gasteiger partial charge in [0, 0.05) is 40.7 Å². The number of fused-ring (bicyclic) bond motifs is 1. The molecule has 0 bridgehead atoms. The zero-order valence-corrected chi connectivity index (χ0v) is 21.9. The minimum Gasteiger partial charge on any atom is -0.352 e. The molecule has 3 rings (SSSR count). The SMILES string of the molecule is C=CC(=CC=C(C)Cl)CCNC(=O)c1cc2cc(Br)cnc2n(CC(=O)N2CC(C)(C)C2)c1=O. The first-order valence-electron chi connectivity index (χ1n) is 10.9. The Labute approximate surface area is 212 Å². The second-order valence-electron chi connectivity index (χ2n) is 9.13. The van der Waals surface area contributed by atoms with Crippen molar-refractivity contribution in [1.29, 1.82) is 0 Å². The molecule has 2 amide bonds. The van der Waals surface area contributed by atoms with Gasteiger partial charge in [-0.05, 0) is 58.5 Å². The smallest absolute Gasteiger partial charge is 0.265 e. The molecule has 7 nitrogen and oxygen atoms in total. The first kappa shape index (κ1) is 25.9. The normalized spacial score (nSPS) is 15.7. The molecule has 3 heterocycles. The fourth-order valence-corrected chi connectivity index (χ4v) is 4.25. The molecule has 0 unspecified atom stereocenters. The number of rotatable bonds is 8. The summed E-state index contributed by atoms with van der Waals surface area (Å²) < 4.78 is 1.99. The van der Waals surface area contributed by atoms with Crippen LogP contribution in [0.3, 0.4) is 0 Å². The lowest BCUT2D eigenvalue weighted by molar-refractivity contribution is -0.142. The molecule has 2 aromatic heterocycles. The summed E-state index contributed by atoms with van der Waals surface area (Å²) in [6, 6.07) is 3.29. The van der Waals surface area contributed by atoms with Crippen LogP contribution in [0.4, 0.5) is 0 Å². The maximum absolute atomic E-state index is 13.3. The first-order valence-corrected chi connectivity index (χ1v) is 12.1. The largest absolute Gasteiger partial charge is 0.352 e. The van der Waals surface area contributed by atoms with E-state index in [-0.39, 0.29) is 23.4 Å². The number of allylic oxidation sites excluding steroid dienone is 4. The third kappa shape index (κ3) is 6.24. The van der Waals surface area contributed by atoms with E-state index in [0.29, 0.717) is 46.6 Å². The summed E-state index contributed by atoms with van der Waals surface area (Å²) in [5, 5.41) is 4.01. The highest BCUT2D eigenvalue weighted by Gasteiger charge is 2.37. The lowest BCUT2D eigenvalue weighted by Gasteiger charge is -2.45. The van der Waals surface area contributed by atoms with Gasteiger partial charge >= 0.3 is 0 Å².